The molecule has 0 aromatic rings. The van der Waals surface area contributed by atoms with Crippen molar-refractivity contribution in [3.63, 3.8) is 0 Å². The molecule has 80 valence electrons. The maximum absolute atomic E-state index is 13.2. The van der Waals surface area contributed by atoms with Crippen LogP contribution in [0.15, 0.2) is 30.1 Å². The fourth-order valence-corrected chi connectivity index (χ4v) is 7.18. The number of hydrogen-bond donors (Lipinski definition) is 0. The summed E-state index contributed by atoms with van der Waals surface area (Å²) in [5.41, 5.74) is 0. The first-order valence-corrected chi connectivity index (χ1v) is 8.05. The summed E-state index contributed by atoms with van der Waals surface area (Å²) in [6, 6.07) is 0. The Bertz CT molecular complexity index is 377. The van der Waals surface area contributed by atoms with Crippen molar-refractivity contribution in [2.24, 2.45) is 0 Å². The van der Waals surface area contributed by atoms with E-state index in [1.54, 1.807) is 0 Å². The first kappa shape index (κ1) is 10.8. The molecule has 0 N–H and O–H groups in total. The molecule has 0 saturated heterocycles. The minimum Gasteiger partial charge on any atom is -0.116 e. The van der Waals surface area contributed by atoms with Gasteiger partial charge in [0.2, 0.25) is 9.84 Å². The van der Waals surface area contributed by atoms with Gasteiger partial charge in [0.15, 0.2) is 0 Å². The Labute approximate surface area is 90.7 Å². The van der Waals surface area contributed by atoms with Crippen LogP contribution in [0.2, 0.25) is 0 Å². The maximum atomic E-state index is 13.2. The van der Waals surface area contributed by atoms with Gasteiger partial charge in [0.05, 0.1) is 9.65 Å². The van der Waals surface area contributed by atoms with Crippen LogP contribution in [0.4, 0.5) is 15.5 Å². The number of halogens is 4. The Kier molecular flexibility index (Phi) is 1.96. The van der Waals surface area contributed by atoms with Gasteiger partial charge >= 0.3 is 0 Å². The van der Waals surface area contributed by atoms with Crippen LogP contribution in [0, 0.1) is 0 Å². The molecule has 0 bridgehead atoms. The summed E-state index contributed by atoms with van der Waals surface area (Å²) in [6.45, 7) is 0. The van der Waals surface area contributed by atoms with E-state index in [4.69, 9.17) is 0 Å². The third-order valence-corrected chi connectivity index (χ3v) is 7.97. The standard InChI is InChI=1S/C6H4F4S4/c7-14(8,9,10)4-3-13-6(14)5-11-1-2-12-5/h1-4H. The van der Waals surface area contributed by atoms with Crippen molar-refractivity contribution in [2.75, 3.05) is 0 Å². The summed E-state index contributed by atoms with van der Waals surface area (Å²) < 4.78 is 51.7. The summed E-state index contributed by atoms with van der Waals surface area (Å²) in [5.74, 6) is 0. The highest BCUT2D eigenvalue weighted by Crippen LogP contribution is 3.06. The molecule has 2 aliphatic rings. The molecule has 2 heterocycles. The number of rotatable bonds is 0. The summed E-state index contributed by atoms with van der Waals surface area (Å²) in [6.07, 6.45) is 0. The summed E-state index contributed by atoms with van der Waals surface area (Å²) in [5, 5.41) is 3.56. The van der Waals surface area contributed by atoms with E-state index in [1.807, 2.05) is 0 Å². The van der Waals surface area contributed by atoms with Gasteiger partial charge in [0.1, 0.15) is 4.24 Å². The van der Waals surface area contributed by atoms with Crippen molar-refractivity contribution in [1.29, 1.82) is 0 Å². The molecule has 0 radical (unpaired) electrons. The van der Waals surface area contributed by atoms with E-state index in [-0.39, 0.29) is 9.65 Å². The predicted octanol–water partition coefficient (Wildman–Crippen LogP) is 5.70. The van der Waals surface area contributed by atoms with E-state index in [0.717, 1.165) is 28.9 Å². The van der Waals surface area contributed by atoms with Gasteiger partial charge in [-0.1, -0.05) is 35.3 Å². The third-order valence-electron chi connectivity index (χ3n) is 1.46. The van der Waals surface area contributed by atoms with Crippen molar-refractivity contribution in [2.45, 2.75) is 0 Å². The van der Waals surface area contributed by atoms with Gasteiger partial charge in [-0.05, 0) is 16.2 Å². The van der Waals surface area contributed by atoms with Crippen LogP contribution in [-0.4, -0.2) is 0 Å². The lowest BCUT2D eigenvalue weighted by Crippen LogP contribution is -2.07. The topological polar surface area (TPSA) is 0 Å². The molecule has 2 aliphatic heterocycles. The lowest BCUT2D eigenvalue weighted by Gasteiger charge is -2.45. The van der Waals surface area contributed by atoms with Crippen LogP contribution in [-0.2, 0) is 0 Å². The zero-order valence-electron chi connectivity index (χ0n) is 6.45. The third kappa shape index (κ3) is 1.72. The second-order valence-electron chi connectivity index (χ2n) is 2.61. The van der Waals surface area contributed by atoms with Crippen molar-refractivity contribution in [1.82, 2.24) is 0 Å². The van der Waals surface area contributed by atoms with Crippen molar-refractivity contribution in [3.8, 4) is 0 Å². The minimum atomic E-state index is -8.06. The zero-order valence-corrected chi connectivity index (χ0v) is 9.72. The average Bonchev–Trinajstić information content (AvgIpc) is 2.52. The molecule has 8 heteroatoms. The quantitative estimate of drug-likeness (QED) is 0.523. The normalized spacial score (nSPS) is 36.3. The molecule has 0 aromatic carbocycles. The SMILES string of the molecule is FS1(F)(F)(F)C=CSC1=C1SC=CS1. The summed E-state index contributed by atoms with van der Waals surface area (Å²) >= 11 is 2.23. The fourth-order valence-electron chi connectivity index (χ4n) is 0.889. The van der Waals surface area contributed by atoms with Gasteiger partial charge in [-0.2, -0.15) is 0 Å². The second kappa shape index (κ2) is 2.53. The van der Waals surface area contributed by atoms with Gasteiger partial charge in [-0.25, -0.2) is 0 Å². The Morgan fingerprint density at radius 2 is 1.43 bits per heavy atom. The molecule has 0 amide bonds. The molecule has 0 aliphatic carbocycles. The van der Waals surface area contributed by atoms with E-state index in [0.29, 0.717) is 11.8 Å². The highest BCUT2D eigenvalue weighted by Gasteiger charge is 2.67. The first-order chi connectivity index (χ1) is 6.22. The Morgan fingerprint density at radius 3 is 1.86 bits per heavy atom. The second-order valence-corrected chi connectivity index (χ2v) is 8.82. The lowest BCUT2D eigenvalue weighted by molar-refractivity contribution is 0.486. The molecule has 2 rings (SSSR count). The van der Waals surface area contributed by atoms with Crippen LogP contribution in [0.1, 0.15) is 0 Å². The van der Waals surface area contributed by atoms with Crippen LogP contribution in [0.3, 0.4) is 0 Å². The zero-order chi connectivity index (χ0) is 10.5. The summed E-state index contributed by atoms with van der Waals surface area (Å²) in [4.78, 5) is 0. The number of thioether (sulfide) groups is 3. The van der Waals surface area contributed by atoms with Gasteiger partial charge < -0.3 is 0 Å². The van der Waals surface area contributed by atoms with E-state index in [9.17, 15) is 15.5 Å². The van der Waals surface area contributed by atoms with Crippen LogP contribution >= 0.6 is 45.1 Å². The Hall–Kier alpha value is 0.340. The lowest BCUT2D eigenvalue weighted by atomic mass is 11.2. The van der Waals surface area contributed by atoms with E-state index in [1.165, 1.54) is 10.8 Å². The number of hydrogen-bond acceptors (Lipinski definition) is 3. The average molecular weight is 280 g/mol. The van der Waals surface area contributed by atoms with Gasteiger partial charge in [-0.15, -0.1) is 15.5 Å². The molecule has 0 spiro atoms. The highest BCUT2D eigenvalue weighted by atomic mass is 32.5. The Balaban J connectivity index is 2.56. The highest BCUT2D eigenvalue weighted by molar-refractivity contribution is 8.62. The molecule has 0 atom stereocenters. The van der Waals surface area contributed by atoms with Gasteiger partial charge in [-0.3, -0.25) is 0 Å². The van der Waals surface area contributed by atoms with E-state index in [2.05, 4.69) is 0 Å². The van der Waals surface area contributed by atoms with Crippen molar-refractivity contribution < 1.29 is 15.5 Å². The van der Waals surface area contributed by atoms with Crippen LogP contribution in [0.25, 0.3) is 0 Å². The Morgan fingerprint density at radius 1 is 0.857 bits per heavy atom. The summed E-state index contributed by atoms with van der Waals surface area (Å²) in [7, 11) is -8.06. The van der Waals surface area contributed by atoms with E-state index >= 15 is 0 Å². The smallest absolute Gasteiger partial charge is 0.116 e. The van der Waals surface area contributed by atoms with Crippen LogP contribution in [0.5, 0.6) is 0 Å². The van der Waals surface area contributed by atoms with Crippen molar-refractivity contribution in [3.05, 3.63) is 30.1 Å². The first-order valence-electron chi connectivity index (χ1n) is 3.29. The molecular formula is C6H4F4S4. The molecule has 0 nitrogen and oxygen atoms in total. The van der Waals surface area contributed by atoms with Gasteiger partial charge in [0, 0.05) is 0 Å². The molecular weight excluding hydrogens is 276 g/mol. The van der Waals surface area contributed by atoms with Gasteiger partial charge in [0.25, 0.3) is 0 Å². The fraction of sp³-hybridized carbons (Fsp3) is 0. The van der Waals surface area contributed by atoms with Crippen molar-refractivity contribution >= 4 is 45.1 Å². The molecule has 0 unspecified atom stereocenters. The molecule has 0 saturated carbocycles. The molecule has 0 fully saturated rings. The predicted molar refractivity (Wildman–Crippen MR) is 60.1 cm³/mol. The monoisotopic (exact) mass is 280 g/mol. The largest absolute Gasteiger partial charge is 0.211 e. The van der Waals surface area contributed by atoms with E-state index < -0.39 is 14.1 Å². The molecule has 0 aromatic heterocycles. The molecule has 14 heavy (non-hydrogen) atoms. The maximum Gasteiger partial charge on any atom is 0.211 e. The minimum absolute atomic E-state index is 0.0170. The van der Waals surface area contributed by atoms with Crippen LogP contribution < -0.4 is 0 Å².